The summed E-state index contributed by atoms with van der Waals surface area (Å²) in [4.78, 5) is 25.4. The topological polar surface area (TPSA) is 113 Å². The van der Waals surface area contributed by atoms with Gasteiger partial charge in [-0.1, -0.05) is 30.0 Å². The maximum Gasteiger partial charge on any atom is 0.295 e. The first kappa shape index (κ1) is 20.7. The number of nitrogens with zero attached hydrogens (tertiary/aromatic N) is 6. The van der Waals surface area contributed by atoms with Gasteiger partial charge in [0.05, 0.1) is 17.6 Å². The van der Waals surface area contributed by atoms with Crippen molar-refractivity contribution >= 4 is 23.4 Å². The summed E-state index contributed by atoms with van der Waals surface area (Å²) in [6.45, 7) is 2.21. The van der Waals surface area contributed by atoms with Gasteiger partial charge in [0.1, 0.15) is 18.0 Å². The second-order valence-electron chi connectivity index (χ2n) is 6.78. The number of hydrogen-bond donors (Lipinski definition) is 1. The third kappa shape index (κ3) is 4.45. The lowest BCUT2D eigenvalue weighted by Crippen LogP contribution is -2.23. The molecule has 1 aromatic carbocycles. The summed E-state index contributed by atoms with van der Waals surface area (Å²) in [6, 6.07) is 12.9. The molecule has 11 heteroatoms. The maximum atomic E-state index is 12.9. The van der Waals surface area contributed by atoms with E-state index >= 15 is 0 Å². The minimum atomic E-state index is -0.269. The minimum absolute atomic E-state index is 0.206. The molecule has 0 radical (unpaired) electrons. The largest absolute Gasteiger partial charge is 0.467 e. The summed E-state index contributed by atoms with van der Waals surface area (Å²) in [5, 5.41) is 15.0. The van der Waals surface area contributed by atoms with Gasteiger partial charge in [0.2, 0.25) is 11.1 Å². The molecule has 0 spiro atoms. The second-order valence-corrected chi connectivity index (χ2v) is 7.84. The summed E-state index contributed by atoms with van der Waals surface area (Å²) in [5.41, 5.74) is 1.42. The van der Waals surface area contributed by atoms with E-state index in [9.17, 15) is 9.59 Å². The molecule has 31 heavy (non-hydrogen) atoms. The summed E-state index contributed by atoms with van der Waals surface area (Å²) in [6.07, 6.45) is 1.80. The van der Waals surface area contributed by atoms with E-state index < -0.39 is 0 Å². The molecule has 3 heterocycles. The molecule has 3 aromatic heterocycles. The van der Waals surface area contributed by atoms with Crippen LogP contribution < -0.4 is 10.9 Å². The molecule has 10 nitrogen and oxygen atoms in total. The van der Waals surface area contributed by atoms with E-state index in [1.807, 2.05) is 36.4 Å². The molecule has 0 saturated heterocycles. The fraction of sp³-hybridized carbons (Fsp3) is 0.250. The molecule has 4 rings (SSSR count). The van der Waals surface area contributed by atoms with Crippen LogP contribution in [0.25, 0.3) is 5.69 Å². The third-order valence-electron chi connectivity index (χ3n) is 4.76. The SMILES string of the molecule is Cc1c(NC(=O)CCSc2nnnn2Cc2ccco2)c(=O)n(-c2ccccc2)n1C. The van der Waals surface area contributed by atoms with Crippen LogP contribution in [0.1, 0.15) is 17.9 Å². The highest BCUT2D eigenvalue weighted by atomic mass is 32.2. The van der Waals surface area contributed by atoms with E-state index in [0.717, 1.165) is 11.4 Å². The fourth-order valence-electron chi connectivity index (χ4n) is 3.10. The highest BCUT2D eigenvalue weighted by Gasteiger charge is 2.18. The van der Waals surface area contributed by atoms with Crippen molar-refractivity contribution in [2.45, 2.75) is 25.0 Å². The van der Waals surface area contributed by atoms with Crippen molar-refractivity contribution in [2.75, 3.05) is 11.1 Å². The number of para-hydroxylation sites is 1. The van der Waals surface area contributed by atoms with Gasteiger partial charge in [-0.2, -0.15) is 0 Å². The van der Waals surface area contributed by atoms with Gasteiger partial charge in [0.25, 0.3) is 5.56 Å². The molecule has 1 amide bonds. The number of aromatic nitrogens is 6. The van der Waals surface area contributed by atoms with Crippen molar-refractivity contribution in [3.8, 4) is 5.69 Å². The van der Waals surface area contributed by atoms with Crippen molar-refractivity contribution in [3.05, 3.63) is 70.5 Å². The van der Waals surface area contributed by atoms with Crippen LogP contribution >= 0.6 is 11.8 Å². The Bertz CT molecular complexity index is 1230. The number of rotatable bonds is 8. The first-order valence-corrected chi connectivity index (χ1v) is 10.6. The minimum Gasteiger partial charge on any atom is -0.467 e. The molecule has 0 unspecified atom stereocenters. The molecular weight excluding hydrogens is 418 g/mol. The third-order valence-corrected chi connectivity index (χ3v) is 5.72. The Kier molecular flexibility index (Phi) is 6.03. The zero-order valence-electron chi connectivity index (χ0n) is 17.1. The Morgan fingerprint density at radius 1 is 1.19 bits per heavy atom. The Morgan fingerprint density at radius 2 is 2.00 bits per heavy atom. The normalized spacial score (nSPS) is 11.0. The Labute approximate surface area is 181 Å². The number of furan rings is 1. The van der Waals surface area contributed by atoms with Crippen LogP contribution in [0.5, 0.6) is 0 Å². The van der Waals surface area contributed by atoms with Crippen molar-refractivity contribution in [2.24, 2.45) is 7.05 Å². The second kappa shape index (κ2) is 9.04. The van der Waals surface area contributed by atoms with Crippen LogP contribution in [0.4, 0.5) is 5.69 Å². The van der Waals surface area contributed by atoms with Crippen molar-refractivity contribution in [1.29, 1.82) is 0 Å². The van der Waals surface area contributed by atoms with Gasteiger partial charge in [-0.15, -0.1) is 5.10 Å². The first-order chi connectivity index (χ1) is 15.0. The van der Waals surface area contributed by atoms with Crippen molar-refractivity contribution < 1.29 is 9.21 Å². The summed E-state index contributed by atoms with van der Waals surface area (Å²) >= 11 is 1.36. The zero-order valence-corrected chi connectivity index (χ0v) is 17.9. The number of tetrazole rings is 1. The molecule has 4 aromatic rings. The van der Waals surface area contributed by atoms with E-state index in [-0.39, 0.29) is 23.6 Å². The number of benzene rings is 1. The molecule has 0 fully saturated rings. The highest BCUT2D eigenvalue weighted by molar-refractivity contribution is 7.99. The van der Waals surface area contributed by atoms with Crippen LogP contribution in [-0.2, 0) is 18.4 Å². The molecule has 160 valence electrons. The van der Waals surface area contributed by atoms with Crippen LogP contribution in [0.15, 0.2) is 63.1 Å². The monoisotopic (exact) mass is 439 g/mol. The molecule has 0 atom stereocenters. The quantitative estimate of drug-likeness (QED) is 0.419. The highest BCUT2D eigenvalue weighted by Crippen LogP contribution is 2.18. The van der Waals surface area contributed by atoms with Crippen LogP contribution in [0.3, 0.4) is 0 Å². The van der Waals surface area contributed by atoms with Gasteiger partial charge in [-0.3, -0.25) is 14.3 Å². The lowest BCUT2D eigenvalue weighted by atomic mass is 10.3. The van der Waals surface area contributed by atoms with Crippen LogP contribution in [-0.4, -0.2) is 41.2 Å². The van der Waals surface area contributed by atoms with Crippen LogP contribution in [0, 0.1) is 6.92 Å². The standard InChI is InChI=1S/C20H21N7O3S/c1-14-18(19(29)27(25(14)2)15-7-4-3-5-8-15)21-17(28)10-12-31-20-22-23-24-26(20)13-16-9-6-11-30-16/h3-9,11H,10,12-13H2,1-2H3,(H,21,28). The van der Waals surface area contributed by atoms with E-state index in [4.69, 9.17) is 4.42 Å². The maximum absolute atomic E-state index is 12.9. The fourth-order valence-corrected chi connectivity index (χ4v) is 3.91. The molecule has 0 bridgehead atoms. The van der Waals surface area contributed by atoms with Crippen molar-refractivity contribution in [1.82, 2.24) is 29.6 Å². The predicted molar refractivity (Wildman–Crippen MR) is 115 cm³/mol. The van der Waals surface area contributed by atoms with Gasteiger partial charge < -0.3 is 9.73 Å². The smallest absolute Gasteiger partial charge is 0.295 e. The Balaban J connectivity index is 1.38. The first-order valence-electron chi connectivity index (χ1n) is 9.60. The van der Waals surface area contributed by atoms with Crippen LogP contribution in [0.2, 0.25) is 0 Å². The van der Waals surface area contributed by atoms with Gasteiger partial charge in [-0.25, -0.2) is 9.36 Å². The van der Waals surface area contributed by atoms with Gasteiger partial charge >= 0.3 is 0 Å². The summed E-state index contributed by atoms with van der Waals surface area (Å²) in [7, 11) is 1.79. The molecule has 0 aliphatic heterocycles. The summed E-state index contributed by atoms with van der Waals surface area (Å²) in [5.74, 6) is 0.952. The molecule has 1 N–H and O–H groups in total. The Morgan fingerprint density at radius 3 is 2.74 bits per heavy atom. The van der Waals surface area contributed by atoms with Gasteiger partial charge in [-0.05, 0) is 41.6 Å². The lowest BCUT2D eigenvalue weighted by molar-refractivity contribution is -0.115. The number of amides is 1. The summed E-state index contributed by atoms with van der Waals surface area (Å²) < 4.78 is 10.2. The predicted octanol–water partition coefficient (Wildman–Crippen LogP) is 2.23. The van der Waals surface area contributed by atoms with E-state index in [1.165, 1.54) is 16.4 Å². The number of carbonyl (C=O) groups is 1. The number of thioether (sulfide) groups is 1. The van der Waals surface area contributed by atoms with Gasteiger partial charge in [0.15, 0.2) is 0 Å². The lowest BCUT2D eigenvalue weighted by Gasteiger charge is -2.07. The Hall–Kier alpha value is -3.60. The average Bonchev–Trinajstić information content (AvgIpc) is 3.48. The van der Waals surface area contributed by atoms with Crippen molar-refractivity contribution in [3.63, 3.8) is 0 Å². The number of nitrogens with one attached hydrogen (secondary N) is 1. The molecule has 0 saturated carbocycles. The average molecular weight is 440 g/mol. The zero-order chi connectivity index (χ0) is 21.8. The van der Waals surface area contributed by atoms with E-state index in [1.54, 1.807) is 35.7 Å². The number of anilines is 1. The number of carbonyl (C=O) groups excluding carboxylic acids is 1. The van der Waals surface area contributed by atoms with E-state index in [0.29, 0.717) is 23.1 Å². The molecule has 0 aliphatic carbocycles. The van der Waals surface area contributed by atoms with E-state index in [2.05, 4.69) is 20.8 Å². The molecule has 0 aliphatic rings. The van der Waals surface area contributed by atoms with Gasteiger partial charge in [0, 0.05) is 19.2 Å². The number of hydrogen-bond acceptors (Lipinski definition) is 7. The molecular formula is C20H21N7O3S.